The lowest BCUT2D eigenvalue weighted by atomic mass is 10.1. The molecule has 0 atom stereocenters. The maximum Gasteiger partial charge on any atom is 0.261 e. The van der Waals surface area contributed by atoms with Gasteiger partial charge < -0.3 is 4.57 Å². The molecule has 0 fully saturated rings. The fraction of sp³-hybridized carbons (Fsp3) is 0.158. The largest absolute Gasteiger partial charge is 0.308 e. The van der Waals surface area contributed by atoms with Gasteiger partial charge in [0, 0.05) is 23.2 Å². The van der Waals surface area contributed by atoms with Gasteiger partial charge in [0.2, 0.25) is 0 Å². The number of nitrogens with zero attached hydrogens (tertiary/aromatic N) is 2. The van der Waals surface area contributed by atoms with Crippen molar-refractivity contribution in [2.75, 3.05) is 4.72 Å². The molecule has 0 saturated heterocycles. The van der Waals surface area contributed by atoms with Crippen molar-refractivity contribution in [2.24, 2.45) is 0 Å². The van der Waals surface area contributed by atoms with Crippen LogP contribution in [-0.4, -0.2) is 13.0 Å². The Balaban J connectivity index is 2.02. The molecule has 0 aliphatic carbocycles. The van der Waals surface area contributed by atoms with Gasteiger partial charge in [0.15, 0.2) is 0 Å². The molecule has 3 rings (SSSR count). The van der Waals surface area contributed by atoms with E-state index in [9.17, 15) is 13.2 Å². The van der Waals surface area contributed by atoms with E-state index in [2.05, 4.69) is 4.72 Å². The van der Waals surface area contributed by atoms with Crippen LogP contribution in [0.1, 0.15) is 18.1 Å². The third kappa shape index (κ3) is 3.19. The third-order valence-corrected chi connectivity index (χ3v) is 5.53. The van der Waals surface area contributed by atoms with E-state index < -0.39 is 10.0 Å². The number of sulfonamides is 1. The number of nitrogens with one attached hydrogen (secondary N) is 1. The maximum atomic E-state index is 12.5. The van der Waals surface area contributed by atoms with Crippen LogP contribution in [0.5, 0.6) is 0 Å². The average Bonchev–Trinajstić information content (AvgIpc) is 2.62. The molecule has 1 heterocycles. The molecule has 1 N–H and O–H groups in total. The highest BCUT2D eigenvalue weighted by molar-refractivity contribution is 7.92. The molecule has 26 heavy (non-hydrogen) atoms. The lowest BCUT2D eigenvalue weighted by Gasteiger charge is -2.12. The van der Waals surface area contributed by atoms with E-state index in [0.717, 1.165) is 10.9 Å². The van der Waals surface area contributed by atoms with Gasteiger partial charge in [0.1, 0.15) is 0 Å². The second kappa shape index (κ2) is 6.65. The molecule has 7 heteroatoms. The molecule has 132 valence electrons. The molecule has 0 amide bonds. The fourth-order valence-corrected chi connectivity index (χ4v) is 3.88. The minimum atomic E-state index is -3.77. The number of anilines is 1. The number of benzene rings is 2. The summed E-state index contributed by atoms with van der Waals surface area (Å²) in [6, 6.07) is 14.5. The first kappa shape index (κ1) is 17.7. The van der Waals surface area contributed by atoms with E-state index >= 15 is 0 Å². The van der Waals surface area contributed by atoms with Crippen LogP contribution in [0.3, 0.4) is 0 Å². The first-order valence-corrected chi connectivity index (χ1v) is 9.51. The van der Waals surface area contributed by atoms with Crippen molar-refractivity contribution in [2.45, 2.75) is 25.3 Å². The predicted molar refractivity (Wildman–Crippen MR) is 101 cm³/mol. The van der Waals surface area contributed by atoms with Gasteiger partial charge in [-0.25, -0.2) is 8.42 Å². The molecule has 0 radical (unpaired) electrons. The number of nitriles is 1. The molecule has 3 aromatic rings. The molecule has 6 nitrogen and oxygen atoms in total. The molecule has 0 unspecified atom stereocenters. The first-order chi connectivity index (χ1) is 12.4. The van der Waals surface area contributed by atoms with Crippen LogP contribution in [-0.2, 0) is 16.6 Å². The second-order valence-electron chi connectivity index (χ2n) is 5.89. The molecule has 0 saturated carbocycles. The van der Waals surface area contributed by atoms with Gasteiger partial charge in [0.05, 0.1) is 22.0 Å². The van der Waals surface area contributed by atoms with Gasteiger partial charge in [0.25, 0.3) is 15.6 Å². The first-order valence-electron chi connectivity index (χ1n) is 8.03. The monoisotopic (exact) mass is 367 g/mol. The summed E-state index contributed by atoms with van der Waals surface area (Å²) in [5.41, 5.74) is 2.10. The van der Waals surface area contributed by atoms with Gasteiger partial charge in [-0.3, -0.25) is 9.52 Å². The van der Waals surface area contributed by atoms with E-state index in [1.165, 1.54) is 24.3 Å². The summed E-state index contributed by atoms with van der Waals surface area (Å²) in [4.78, 5) is 12.3. The van der Waals surface area contributed by atoms with Crippen molar-refractivity contribution in [1.82, 2.24) is 4.57 Å². The highest BCUT2D eigenvalue weighted by Gasteiger charge is 2.15. The Morgan fingerprint density at radius 2 is 1.81 bits per heavy atom. The average molecular weight is 367 g/mol. The van der Waals surface area contributed by atoms with Gasteiger partial charge in [-0.05, 0) is 62.4 Å². The van der Waals surface area contributed by atoms with E-state index in [1.54, 1.807) is 35.8 Å². The van der Waals surface area contributed by atoms with Crippen LogP contribution in [0.15, 0.2) is 58.2 Å². The quantitative estimate of drug-likeness (QED) is 0.767. The van der Waals surface area contributed by atoms with E-state index in [-0.39, 0.29) is 10.5 Å². The number of aromatic nitrogens is 1. The molecule has 0 aliphatic rings. The molecular formula is C19H17N3O3S. The van der Waals surface area contributed by atoms with Crippen LogP contribution >= 0.6 is 0 Å². The minimum Gasteiger partial charge on any atom is -0.308 e. The lowest BCUT2D eigenvalue weighted by Crippen LogP contribution is -2.21. The standard InChI is InChI=1S/C19H17N3O3S/c1-3-22-18-9-6-16(11-15(18)10-13(2)19(22)23)21-26(24,25)17-7-4-14(12-20)5-8-17/h4-11,21H,3H2,1-2H3. The number of pyridine rings is 1. The zero-order chi connectivity index (χ0) is 18.9. The number of hydrogen-bond donors (Lipinski definition) is 1. The van der Waals surface area contributed by atoms with Gasteiger partial charge in [-0.2, -0.15) is 5.26 Å². The Bertz CT molecular complexity index is 1190. The highest BCUT2D eigenvalue weighted by atomic mass is 32.2. The Labute approximate surface area is 151 Å². The Kier molecular flexibility index (Phi) is 4.53. The topological polar surface area (TPSA) is 92.0 Å². The van der Waals surface area contributed by atoms with E-state index in [0.29, 0.717) is 23.4 Å². The molecular weight excluding hydrogens is 350 g/mol. The van der Waals surface area contributed by atoms with Crippen LogP contribution in [0, 0.1) is 18.3 Å². The predicted octanol–water partition coefficient (Wildman–Crippen LogP) is 3.00. The fourth-order valence-electron chi connectivity index (χ4n) is 2.83. The summed E-state index contributed by atoms with van der Waals surface area (Å²) >= 11 is 0. The van der Waals surface area contributed by atoms with Crippen molar-refractivity contribution in [3.63, 3.8) is 0 Å². The third-order valence-electron chi connectivity index (χ3n) is 4.13. The molecule has 2 aromatic carbocycles. The van der Waals surface area contributed by atoms with Gasteiger partial charge in [-0.1, -0.05) is 0 Å². The summed E-state index contributed by atoms with van der Waals surface area (Å²) in [7, 11) is -3.77. The molecule has 0 aliphatic heterocycles. The normalized spacial score (nSPS) is 11.3. The molecule has 0 spiro atoms. The summed E-state index contributed by atoms with van der Waals surface area (Å²) in [5.74, 6) is 0. The number of rotatable bonds is 4. The van der Waals surface area contributed by atoms with Crippen LogP contribution < -0.4 is 10.3 Å². The number of hydrogen-bond acceptors (Lipinski definition) is 4. The maximum absolute atomic E-state index is 12.5. The molecule has 1 aromatic heterocycles. The SMILES string of the molecule is CCn1c(=O)c(C)cc2cc(NS(=O)(=O)c3ccc(C#N)cc3)ccc21. The van der Waals surface area contributed by atoms with Gasteiger partial charge in [-0.15, -0.1) is 0 Å². The van der Waals surface area contributed by atoms with Crippen LogP contribution in [0.2, 0.25) is 0 Å². The zero-order valence-corrected chi connectivity index (χ0v) is 15.2. The van der Waals surface area contributed by atoms with Crippen molar-refractivity contribution in [3.8, 4) is 6.07 Å². The zero-order valence-electron chi connectivity index (χ0n) is 14.4. The van der Waals surface area contributed by atoms with E-state index in [1.807, 2.05) is 13.0 Å². The van der Waals surface area contributed by atoms with Gasteiger partial charge >= 0.3 is 0 Å². The second-order valence-corrected chi connectivity index (χ2v) is 7.57. The van der Waals surface area contributed by atoms with E-state index in [4.69, 9.17) is 5.26 Å². The highest BCUT2D eigenvalue weighted by Crippen LogP contribution is 2.22. The van der Waals surface area contributed by atoms with Crippen molar-refractivity contribution in [1.29, 1.82) is 5.26 Å². The Hall–Kier alpha value is -3.11. The number of fused-ring (bicyclic) bond motifs is 1. The summed E-state index contributed by atoms with van der Waals surface area (Å²) in [5, 5.41) is 9.59. The lowest BCUT2D eigenvalue weighted by molar-refractivity contribution is 0.601. The molecule has 0 bridgehead atoms. The summed E-state index contributed by atoms with van der Waals surface area (Å²) in [6.45, 7) is 4.16. The van der Waals surface area contributed by atoms with Crippen molar-refractivity contribution < 1.29 is 8.42 Å². The smallest absolute Gasteiger partial charge is 0.261 e. The number of aryl methyl sites for hydroxylation is 2. The summed E-state index contributed by atoms with van der Waals surface area (Å²) < 4.78 is 29.3. The minimum absolute atomic E-state index is 0.0501. The summed E-state index contributed by atoms with van der Waals surface area (Å²) in [6.07, 6.45) is 0. The Morgan fingerprint density at radius 3 is 2.42 bits per heavy atom. The van der Waals surface area contributed by atoms with Crippen molar-refractivity contribution in [3.05, 3.63) is 70.0 Å². The van der Waals surface area contributed by atoms with Crippen LogP contribution in [0.25, 0.3) is 10.9 Å². The van der Waals surface area contributed by atoms with Crippen molar-refractivity contribution >= 4 is 26.6 Å². The Morgan fingerprint density at radius 1 is 1.12 bits per heavy atom. The van der Waals surface area contributed by atoms with Crippen LogP contribution in [0.4, 0.5) is 5.69 Å².